The highest BCUT2D eigenvalue weighted by Gasteiger charge is 1.96. The summed E-state index contributed by atoms with van der Waals surface area (Å²) >= 11 is 0. The predicted molar refractivity (Wildman–Crippen MR) is 56.4 cm³/mol. The van der Waals surface area contributed by atoms with E-state index in [1.54, 1.807) is 17.0 Å². The van der Waals surface area contributed by atoms with Gasteiger partial charge in [0.2, 0.25) is 0 Å². The van der Waals surface area contributed by atoms with Gasteiger partial charge in [-0.25, -0.2) is 0 Å². The Hall–Kier alpha value is 0.590. The summed E-state index contributed by atoms with van der Waals surface area (Å²) in [7, 11) is 5.48. The highest BCUT2D eigenvalue weighted by atomic mass is 33.5. The molecule has 60 valence electrons. The zero-order chi connectivity index (χ0) is 7.82. The van der Waals surface area contributed by atoms with Crippen LogP contribution in [-0.4, -0.2) is 18.1 Å². The van der Waals surface area contributed by atoms with Crippen LogP contribution in [0.2, 0.25) is 0 Å². The van der Waals surface area contributed by atoms with Gasteiger partial charge in [-0.05, 0) is 29.2 Å². The number of hydrogen-bond acceptors (Lipinski definition) is 4. The van der Waals surface area contributed by atoms with Crippen molar-refractivity contribution in [3.05, 3.63) is 12.8 Å². The fourth-order valence-electron chi connectivity index (χ4n) is 0.427. The van der Waals surface area contributed by atoms with Gasteiger partial charge in [-0.15, -0.1) is 0 Å². The standard InChI is InChI=1S/C6H13NS3/c1-4-7-6(2)5-9-10-8-3/h4,6-7H,1,5H2,2-3H3. The first-order valence-electron chi connectivity index (χ1n) is 3.00. The van der Waals surface area contributed by atoms with Crippen molar-refractivity contribution in [1.82, 2.24) is 5.32 Å². The van der Waals surface area contributed by atoms with E-state index in [0.717, 1.165) is 5.75 Å². The van der Waals surface area contributed by atoms with Gasteiger partial charge in [0.15, 0.2) is 0 Å². The maximum atomic E-state index is 3.60. The molecule has 0 saturated carbocycles. The topological polar surface area (TPSA) is 12.0 Å². The molecule has 1 N–H and O–H groups in total. The molecule has 0 spiro atoms. The maximum Gasteiger partial charge on any atom is 0.0326 e. The van der Waals surface area contributed by atoms with Crippen LogP contribution in [-0.2, 0) is 0 Å². The number of rotatable bonds is 6. The Morgan fingerprint density at radius 3 is 2.90 bits per heavy atom. The van der Waals surface area contributed by atoms with Gasteiger partial charge in [0.1, 0.15) is 0 Å². The quantitative estimate of drug-likeness (QED) is 0.516. The van der Waals surface area contributed by atoms with Gasteiger partial charge in [0, 0.05) is 11.8 Å². The summed E-state index contributed by atoms with van der Waals surface area (Å²) in [4.78, 5) is 0. The van der Waals surface area contributed by atoms with Gasteiger partial charge in [-0.3, -0.25) is 0 Å². The van der Waals surface area contributed by atoms with E-state index in [4.69, 9.17) is 0 Å². The lowest BCUT2D eigenvalue weighted by Gasteiger charge is -2.08. The summed E-state index contributed by atoms with van der Waals surface area (Å²) in [6.07, 6.45) is 3.83. The van der Waals surface area contributed by atoms with E-state index >= 15 is 0 Å². The molecule has 0 aliphatic heterocycles. The number of nitrogens with one attached hydrogen (secondary N) is 1. The molecule has 0 radical (unpaired) electrons. The van der Waals surface area contributed by atoms with Gasteiger partial charge >= 0.3 is 0 Å². The summed E-state index contributed by atoms with van der Waals surface area (Å²) in [5, 5.41) is 3.12. The van der Waals surface area contributed by atoms with Crippen LogP contribution in [0.1, 0.15) is 6.92 Å². The summed E-state index contributed by atoms with van der Waals surface area (Å²) in [5.74, 6) is 1.12. The zero-order valence-corrected chi connectivity index (χ0v) is 8.74. The lowest BCUT2D eigenvalue weighted by Crippen LogP contribution is -2.21. The monoisotopic (exact) mass is 195 g/mol. The first-order chi connectivity index (χ1) is 4.81. The van der Waals surface area contributed by atoms with E-state index in [2.05, 4.69) is 25.1 Å². The van der Waals surface area contributed by atoms with Crippen molar-refractivity contribution < 1.29 is 0 Å². The molecule has 0 aromatic rings. The van der Waals surface area contributed by atoms with Crippen LogP contribution < -0.4 is 5.32 Å². The summed E-state index contributed by atoms with van der Waals surface area (Å²) in [5.41, 5.74) is 0. The second-order valence-corrected chi connectivity index (χ2v) is 6.17. The Balaban J connectivity index is 3.04. The van der Waals surface area contributed by atoms with Crippen molar-refractivity contribution in [2.45, 2.75) is 13.0 Å². The minimum Gasteiger partial charge on any atom is -0.388 e. The molecule has 1 nitrogen and oxygen atoms in total. The molecule has 1 atom stereocenters. The molecule has 0 aliphatic carbocycles. The van der Waals surface area contributed by atoms with Gasteiger partial charge in [0.25, 0.3) is 0 Å². The van der Waals surface area contributed by atoms with Crippen molar-refractivity contribution in [2.75, 3.05) is 12.0 Å². The van der Waals surface area contributed by atoms with Gasteiger partial charge in [-0.2, -0.15) is 0 Å². The first-order valence-corrected chi connectivity index (χ1v) is 7.06. The average molecular weight is 195 g/mol. The Kier molecular flexibility index (Phi) is 8.15. The number of hydrogen-bond donors (Lipinski definition) is 1. The van der Waals surface area contributed by atoms with Crippen LogP contribution in [0.15, 0.2) is 12.8 Å². The summed E-state index contributed by atoms with van der Waals surface area (Å²) in [6.45, 7) is 5.74. The SMILES string of the molecule is C=CNC(C)CSSSC. The molecule has 0 aromatic carbocycles. The third-order valence-corrected chi connectivity index (χ3v) is 4.90. The molecule has 0 saturated heterocycles. The van der Waals surface area contributed by atoms with Crippen molar-refractivity contribution >= 4 is 31.4 Å². The highest BCUT2D eigenvalue weighted by molar-refractivity contribution is 9.09. The normalized spacial score (nSPS) is 12.6. The van der Waals surface area contributed by atoms with E-state index in [1.807, 2.05) is 20.6 Å². The van der Waals surface area contributed by atoms with Crippen LogP contribution in [0.4, 0.5) is 0 Å². The van der Waals surface area contributed by atoms with Gasteiger partial charge in [-0.1, -0.05) is 28.2 Å². The van der Waals surface area contributed by atoms with E-state index < -0.39 is 0 Å². The second-order valence-electron chi connectivity index (χ2n) is 1.79. The van der Waals surface area contributed by atoms with E-state index in [0.29, 0.717) is 6.04 Å². The second kappa shape index (κ2) is 7.69. The molecule has 0 aromatic heterocycles. The first kappa shape index (κ1) is 10.6. The Labute approximate surface area is 74.6 Å². The lowest BCUT2D eigenvalue weighted by molar-refractivity contribution is 0.715. The van der Waals surface area contributed by atoms with E-state index in [-0.39, 0.29) is 0 Å². The van der Waals surface area contributed by atoms with E-state index in [9.17, 15) is 0 Å². The molecular formula is C6H13NS3. The molecule has 0 aliphatic rings. The Morgan fingerprint density at radius 2 is 2.40 bits per heavy atom. The third-order valence-electron chi connectivity index (χ3n) is 0.837. The van der Waals surface area contributed by atoms with Gasteiger partial charge in [0.05, 0.1) is 0 Å². The fourth-order valence-corrected chi connectivity index (χ4v) is 3.31. The van der Waals surface area contributed by atoms with Crippen LogP contribution in [0.5, 0.6) is 0 Å². The average Bonchev–Trinajstić information content (AvgIpc) is 1.89. The van der Waals surface area contributed by atoms with Crippen LogP contribution in [0.25, 0.3) is 0 Å². The van der Waals surface area contributed by atoms with E-state index in [1.165, 1.54) is 0 Å². The van der Waals surface area contributed by atoms with Crippen molar-refractivity contribution in [3.63, 3.8) is 0 Å². The predicted octanol–water partition coefficient (Wildman–Crippen LogP) is 2.77. The van der Waals surface area contributed by atoms with Crippen LogP contribution >= 0.6 is 31.4 Å². The van der Waals surface area contributed by atoms with Crippen molar-refractivity contribution in [3.8, 4) is 0 Å². The van der Waals surface area contributed by atoms with Crippen LogP contribution in [0.3, 0.4) is 0 Å². The maximum absolute atomic E-state index is 3.60. The molecule has 0 heterocycles. The Bertz CT molecular complexity index is 87.1. The van der Waals surface area contributed by atoms with Crippen molar-refractivity contribution in [1.29, 1.82) is 0 Å². The lowest BCUT2D eigenvalue weighted by atomic mass is 10.4. The molecular weight excluding hydrogens is 182 g/mol. The largest absolute Gasteiger partial charge is 0.388 e. The smallest absolute Gasteiger partial charge is 0.0326 e. The molecule has 0 amide bonds. The molecule has 1 unspecified atom stereocenters. The third kappa shape index (κ3) is 6.71. The molecule has 0 fully saturated rings. The zero-order valence-electron chi connectivity index (χ0n) is 6.29. The van der Waals surface area contributed by atoms with Crippen molar-refractivity contribution in [2.24, 2.45) is 0 Å². The minimum atomic E-state index is 0.530. The summed E-state index contributed by atoms with van der Waals surface area (Å²) in [6, 6.07) is 0.530. The van der Waals surface area contributed by atoms with Crippen LogP contribution in [0, 0.1) is 0 Å². The van der Waals surface area contributed by atoms with Gasteiger partial charge < -0.3 is 5.32 Å². The Morgan fingerprint density at radius 1 is 1.70 bits per heavy atom. The summed E-state index contributed by atoms with van der Waals surface area (Å²) < 4.78 is 0. The molecule has 0 bridgehead atoms. The minimum absolute atomic E-state index is 0.530. The molecule has 10 heavy (non-hydrogen) atoms. The fraction of sp³-hybridized carbons (Fsp3) is 0.667. The molecule has 4 heteroatoms. The molecule has 0 rings (SSSR count). The highest BCUT2D eigenvalue weighted by Crippen LogP contribution is 2.32.